The molecular weight excluding hydrogens is 378 g/mol. The van der Waals surface area contributed by atoms with E-state index >= 15 is 0 Å². The van der Waals surface area contributed by atoms with Gasteiger partial charge in [-0.1, -0.05) is 19.1 Å². The van der Waals surface area contributed by atoms with Gasteiger partial charge >= 0.3 is 11.9 Å². The van der Waals surface area contributed by atoms with E-state index in [1.165, 1.54) is 25.7 Å². The van der Waals surface area contributed by atoms with Crippen molar-refractivity contribution < 1.29 is 24.7 Å². The molecule has 1 aliphatic carbocycles. The molecule has 2 N–H and O–H groups in total. The lowest BCUT2D eigenvalue weighted by Crippen LogP contribution is -2.50. The van der Waals surface area contributed by atoms with Gasteiger partial charge in [0.1, 0.15) is 0 Å². The van der Waals surface area contributed by atoms with Crippen molar-refractivity contribution in [2.75, 3.05) is 26.2 Å². The van der Waals surface area contributed by atoms with Crippen LogP contribution in [0.2, 0.25) is 0 Å². The summed E-state index contributed by atoms with van der Waals surface area (Å²) in [5, 5.41) is 25.5. The van der Waals surface area contributed by atoms with Crippen molar-refractivity contribution in [2.24, 2.45) is 5.92 Å². The fourth-order valence-corrected chi connectivity index (χ4v) is 3.88. The van der Waals surface area contributed by atoms with Gasteiger partial charge in [-0.2, -0.15) is 0 Å². The number of benzene rings is 1. The van der Waals surface area contributed by atoms with Crippen molar-refractivity contribution in [3.05, 3.63) is 39.9 Å². The Labute approximate surface area is 170 Å². The zero-order chi connectivity index (χ0) is 21.4. The second-order valence-corrected chi connectivity index (χ2v) is 7.76. The minimum atomic E-state index is -1.82. The molecule has 3 rings (SSSR count). The highest BCUT2D eigenvalue weighted by atomic mass is 16.6. The number of rotatable bonds is 4. The molecule has 160 valence electrons. The van der Waals surface area contributed by atoms with Gasteiger partial charge in [0.2, 0.25) is 0 Å². The van der Waals surface area contributed by atoms with E-state index in [0.29, 0.717) is 0 Å². The van der Waals surface area contributed by atoms with Gasteiger partial charge in [-0.15, -0.1) is 0 Å². The number of carboxylic acids is 2. The van der Waals surface area contributed by atoms with Gasteiger partial charge in [-0.3, -0.25) is 19.9 Å². The number of hydrogen-bond donors (Lipinski definition) is 2. The minimum Gasteiger partial charge on any atom is -0.473 e. The second kappa shape index (κ2) is 10.9. The molecule has 1 saturated carbocycles. The topological polar surface area (TPSA) is 124 Å². The Morgan fingerprint density at radius 2 is 1.52 bits per heavy atom. The van der Waals surface area contributed by atoms with Gasteiger partial charge < -0.3 is 10.2 Å². The quantitative estimate of drug-likeness (QED) is 0.443. The maximum atomic E-state index is 10.7. The van der Waals surface area contributed by atoms with Crippen LogP contribution in [0.25, 0.3) is 0 Å². The van der Waals surface area contributed by atoms with Crippen LogP contribution in [0.5, 0.6) is 0 Å². The van der Waals surface area contributed by atoms with Crippen LogP contribution < -0.4 is 0 Å². The van der Waals surface area contributed by atoms with Gasteiger partial charge in [0.15, 0.2) is 0 Å². The number of aliphatic carboxylic acids is 2. The summed E-state index contributed by atoms with van der Waals surface area (Å²) >= 11 is 0. The van der Waals surface area contributed by atoms with Gasteiger partial charge in [0.25, 0.3) is 5.69 Å². The molecule has 0 radical (unpaired) electrons. The smallest absolute Gasteiger partial charge is 0.414 e. The summed E-state index contributed by atoms with van der Waals surface area (Å²) in [6.07, 6.45) is 5.49. The molecule has 0 bridgehead atoms. The van der Waals surface area contributed by atoms with E-state index in [1.807, 2.05) is 12.1 Å². The Balaban J connectivity index is 0.000000438. The average Bonchev–Trinajstić information content (AvgIpc) is 2.70. The lowest BCUT2D eigenvalue weighted by atomic mass is 9.86. The van der Waals surface area contributed by atoms with Crippen molar-refractivity contribution in [1.29, 1.82) is 0 Å². The highest BCUT2D eigenvalue weighted by molar-refractivity contribution is 6.27. The Morgan fingerprint density at radius 3 is 1.97 bits per heavy atom. The molecule has 1 aromatic carbocycles. The van der Waals surface area contributed by atoms with E-state index < -0.39 is 11.9 Å². The van der Waals surface area contributed by atoms with E-state index in [-0.39, 0.29) is 10.6 Å². The van der Waals surface area contributed by atoms with Crippen molar-refractivity contribution in [3.8, 4) is 0 Å². The van der Waals surface area contributed by atoms with Crippen molar-refractivity contribution >= 4 is 17.6 Å². The summed E-state index contributed by atoms with van der Waals surface area (Å²) in [6.45, 7) is 7.79. The Morgan fingerprint density at radius 1 is 1.00 bits per heavy atom. The van der Waals surface area contributed by atoms with Gasteiger partial charge in [0.05, 0.1) is 4.92 Å². The van der Waals surface area contributed by atoms with E-state index in [2.05, 4.69) is 16.7 Å². The predicted molar refractivity (Wildman–Crippen MR) is 107 cm³/mol. The summed E-state index contributed by atoms with van der Waals surface area (Å²) in [5.41, 5.74) is 1.33. The van der Waals surface area contributed by atoms with Gasteiger partial charge in [0, 0.05) is 50.9 Å². The number of hydrogen-bond acceptors (Lipinski definition) is 6. The molecule has 1 aromatic rings. The first-order valence-corrected chi connectivity index (χ1v) is 9.92. The monoisotopic (exact) mass is 407 g/mol. The lowest BCUT2D eigenvalue weighted by molar-refractivity contribution is -0.384. The van der Waals surface area contributed by atoms with Crippen LogP contribution in [0, 0.1) is 16.0 Å². The Bertz CT molecular complexity index is 681. The molecule has 9 heteroatoms. The van der Waals surface area contributed by atoms with E-state index in [1.54, 1.807) is 12.1 Å². The molecule has 0 aromatic heterocycles. The van der Waals surface area contributed by atoms with Gasteiger partial charge in [-0.25, -0.2) is 9.59 Å². The third kappa shape index (κ3) is 7.43. The number of piperazine rings is 1. The number of carboxylic acid groups (broad SMARTS) is 2. The molecule has 1 heterocycles. The molecule has 0 amide bonds. The highest BCUT2D eigenvalue weighted by Crippen LogP contribution is 2.27. The zero-order valence-corrected chi connectivity index (χ0v) is 16.7. The third-order valence-corrected chi connectivity index (χ3v) is 5.64. The van der Waals surface area contributed by atoms with Crippen LogP contribution in [0.4, 0.5) is 5.69 Å². The zero-order valence-electron chi connectivity index (χ0n) is 16.7. The van der Waals surface area contributed by atoms with E-state index in [9.17, 15) is 10.1 Å². The average molecular weight is 407 g/mol. The third-order valence-electron chi connectivity index (χ3n) is 5.64. The lowest BCUT2D eigenvalue weighted by Gasteiger charge is -2.41. The summed E-state index contributed by atoms with van der Waals surface area (Å²) in [6, 6.07) is 7.77. The van der Waals surface area contributed by atoms with Gasteiger partial charge in [-0.05, 0) is 37.2 Å². The fraction of sp³-hybridized carbons (Fsp3) is 0.600. The normalized spacial score (nSPS) is 22.9. The van der Waals surface area contributed by atoms with Crippen molar-refractivity contribution in [3.63, 3.8) is 0 Å². The first-order chi connectivity index (χ1) is 13.8. The minimum absolute atomic E-state index is 0.171. The van der Waals surface area contributed by atoms with Crippen LogP contribution in [-0.2, 0) is 16.1 Å². The molecule has 2 aliphatic rings. The van der Waals surface area contributed by atoms with Crippen LogP contribution in [0.3, 0.4) is 0 Å². The standard InChI is InChI=1S/C18H27N3O2.C2H2O4/c1-15-2-6-17(7-3-15)20-12-10-19(11-13-20)14-16-4-8-18(9-5-16)21(22)23;3-1(4)2(5)6/h4-5,8-9,15,17H,2-3,6-7,10-14H2,1H3;(H,3,4)(H,5,6). The summed E-state index contributed by atoms with van der Waals surface area (Å²) in [4.78, 5) is 33.7. The molecule has 2 fully saturated rings. The number of nitrogens with zero attached hydrogens (tertiary/aromatic N) is 3. The molecule has 9 nitrogen and oxygen atoms in total. The SMILES string of the molecule is CC1CCC(N2CCN(Cc3ccc([N+](=O)[O-])cc3)CC2)CC1.O=C(O)C(=O)O. The van der Waals surface area contributed by atoms with E-state index in [0.717, 1.165) is 50.2 Å². The molecule has 0 unspecified atom stereocenters. The molecular formula is C20H29N3O6. The first-order valence-electron chi connectivity index (χ1n) is 9.92. The Kier molecular flexibility index (Phi) is 8.53. The molecule has 0 atom stereocenters. The molecule has 1 saturated heterocycles. The maximum Gasteiger partial charge on any atom is 0.414 e. The summed E-state index contributed by atoms with van der Waals surface area (Å²) in [5.74, 6) is -2.74. The first kappa shape index (κ1) is 22.8. The largest absolute Gasteiger partial charge is 0.473 e. The highest BCUT2D eigenvalue weighted by Gasteiger charge is 2.26. The second-order valence-electron chi connectivity index (χ2n) is 7.76. The number of nitro groups is 1. The van der Waals surface area contributed by atoms with Crippen LogP contribution in [0.1, 0.15) is 38.2 Å². The number of carbonyl (C=O) groups is 2. The summed E-state index contributed by atoms with van der Waals surface area (Å²) < 4.78 is 0. The molecule has 1 aliphatic heterocycles. The summed E-state index contributed by atoms with van der Waals surface area (Å²) in [7, 11) is 0. The number of nitro benzene ring substituents is 1. The van der Waals surface area contributed by atoms with Crippen LogP contribution in [0.15, 0.2) is 24.3 Å². The van der Waals surface area contributed by atoms with Crippen LogP contribution in [-0.4, -0.2) is 69.1 Å². The van der Waals surface area contributed by atoms with Crippen molar-refractivity contribution in [1.82, 2.24) is 9.80 Å². The van der Waals surface area contributed by atoms with Crippen LogP contribution >= 0.6 is 0 Å². The fourth-order valence-electron chi connectivity index (χ4n) is 3.88. The number of non-ortho nitro benzene ring substituents is 1. The van der Waals surface area contributed by atoms with E-state index in [4.69, 9.17) is 19.8 Å². The predicted octanol–water partition coefficient (Wildman–Crippen LogP) is 2.45. The maximum absolute atomic E-state index is 10.7. The molecule has 0 spiro atoms. The Hall–Kier alpha value is -2.52. The van der Waals surface area contributed by atoms with Crippen molar-refractivity contribution in [2.45, 2.75) is 45.2 Å². The molecule has 29 heavy (non-hydrogen) atoms.